The molecule has 1 aromatic heterocycles. The molecule has 1 N–H and O–H groups in total. The molecule has 1 fully saturated rings. The highest BCUT2D eigenvalue weighted by molar-refractivity contribution is 6.05. The van der Waals surface area contributed by atoms with E-state index in [4.69, 9.17) is 5.11 Å². The number of fused-ring (bicyclic) bond motifs is 1. The first-order valence-electron chi connectivity index (χ1n) is 7.29. The average Bonchev–Trinajstić information content (AvgIpc) is 3.00. The van der Waals surface area contributed by atoms with Crippen molar-refractivity contribution in [3.63, 3.8) is 0 Å². The summed E-state index contributed by atoms with van der Waals surface area (Å²) in [7, 11) is 0. The maximum absolute atomic E-state index is 13.7. The van der Waals surface area contributed by atoms with Gasteiger partial charge in [0.25, 0.3) is 5.91 Å². The minimum atomic E-state index is -5.00. The van der Waals surface area contributed by atoms with Crippen LogP contribution in [-0.2, 0) is 4.79 Å². The molecule has 1 atom stereocenters. The van der Waals surface area contributed by atoms with Crippen molar-refractivity contribution in [3.8, 4) is 0 Å². The molecule has 1 saturated heterocycles. The number of hydrogen-bond acceptors (Lipinski definition) is 3. The summed E-state index contributed by atoms with van der Waals surface area (Å²) in [5, 5.41) is 9.38. The Kier molecular flexibility index (Phi) is 3.89. The minimum Gasteiger partial charge on any atom is -0.481 e. The van der Waals surface area contributed by atoms with Crippen LogP contribution in [0.2, 0.25) is 0 Å². The Balaban J connectivity index is 2.00. The molecule has 3 rings (SSSR count). The van der Waals surface area contributed by atoms with Crippen molar-refractivity contribution in [1.82, 2.24) is 9.88 Å². The van der Waals surface area contributed by atoms with Crippen LogP contribution in [0.4, 0.5) is 17.6 Å². The standard InChI is InChI=1S/C16H12F4N2O3/c17-10-6-9-2-1-4-21-12(9)11(7-10)13(23)22-5-3-15(8-22,14(24)25)16(18,19)20/h1-2,4,6-7H,3,5,8H2,(H,24,25). The third kappa shape index (κ3) is 2.69. The highest BCUT2D eigenvalue weighted by Crippen LogP contribution is 2.46. The van der Waals surface area contributed by atoms with Gasteiger partial charge in [-0.15, -0.1) is 0 Å². The van der Waals surface area contributed by atoms with Crippen LogP contribution in [0.25, 0.3) is 10.9 Å². The summed E-state index contributed by atoms with van der Waals surface area (Å²) >= 11 is 0. The molecule has 5 nitrogen and oxygen atoms in total. The zero-order valence-corrected chi connectivity index (χ0v) is 12.7. The highest BCUT2D eigenvalue weighted by atomic mass is 19.4. The van der Waals surface area contributed by atoms with E-state index in [0.717, 1.165) is 17.0 Å². The van der Waals surface area contributed by atoms with Crippen LogP contribution in [0.3, 0.4) is 0 Å². The number of rotatable bonds is 2. The van der Waals surface area contributed by atoms with Crippen LogP contribution in [0.15, 0.2) is 30.5 Å². The highest BCUT2D eigenvalue weighted by Gasteiger charge is 2.64. The van der Waals surface area contributed by atoms with Crippen LogP contribution in [0, 0.1) is 11.2 Å². The molecule has 9 heteroatoms. The Bertz CT molecular complexity index is 868. The number of carboxylic acid groups (broad SMARTS) is 1. The van der Waals surface area contributed by atoms with Gasteiger partial charge in [-0.25, -0.2) is 4.39 Å². The molecule has 132 valence electrons. The van der Waals surface area contributed by atoms with E-state index in [1.165, 1.54) is 18.3 Å². The lowest BCUT2D eigenvalue weighted by Crippen LogP contribution is -2.47. The van der Waals surface area contributed by atoms with Gasteiger partial charge in [0.1, 0.15) is 5.82 Å². The maximum Gasteiger partial charge on any atom is 0.406 e. The minimum absolute atomic E-state index is 0.147. The van der Waals surface area contributed by atoms with Gasteiger partial charge in [0.2, 0.25) is 0 Å². The van der Waals surface area contributed by atoms with Crippen LogP contribution in [0.5, 0.6) is 0 Å². The predicted octanol–water partition coefficient (Wildman–Crippen LogP) is 2.85. The number of hydrogen-bond donors (Lipinski definition) is 1. The third-order valence-electron chi connectivity index (χ3n) is 4.41. The van der Waals surface area contributed by atoms with Crippen molar-refractivity contribution >= 4 is 22.8 Å². The quantitative estimate of drug-likeness (QED) is 0.840. The Morgan fingerprint density at radius 1 is 1.28 bits per heavy atom. The summed E-state index contributed by atoms with van der Waals surface area (Å²) in [6, 6.07) is 5.10. The second kappa shape index (κ2) is 5.68. The number of benzene rings is 1. The Labute approximate surface area is 138 Å². The van der Waals surface area contributed by atoms with Gasteiger partial charge in [0.15, 0.2) is 5.41 Å². The molecule has 0 spiro atoms. The largest absolute Gasteiger partial charge is 0.481 e. The first-order valence-corrected chi connectivity index (χ1v) is 7.29. The second-order valence-electron chi connectivity index (χ2n) is 5.89. The van der Waals surface area contributed by atoms with Crippen LogP contribution < -0.4 is 0 Å². The molecule has 2 heterocycles. The van der Waals surface area contributed by atoms with E-state index in [0.29, 0.717) is 5.39 Å². The van der Waals surface area contributed by atoms with E-state index in [9.17, 15) is 27.2 Å². The fourth-order valence-corrected chi connectivity index (χ4v) is 3.00. The van der Waals surface area contributed by atoms with E-state index in [2.05, 4.69) is 4.98 Å². The molecule has 1 amide bonds. The van der Waals surface area contributed by atoms with Crippen molar-refractivity contribution in [3.05, 3.63) is 41.8 Å². The van der Waals surface area contributed by atoms with E-state index in [1.54, 1.807) is 0 Å². The van der Waals surface area contributed by atoms with Gasteiger partial charge in [-0.05, 0) is 24.6 Å². The topological polar surface area (TPSA) is 70.5 Å². The van der Waals surface area contributed by atoms with Crippen molar-refractivity contribution in [1.29, 1.82) is 0 Å². The van der Waals surface area contributed by atoms with Crippen LogP contribution in [0.1, 0.15) is 16.8 Å². The molecular weight excluding hydrogens is 344 g/mol. The van der Waals surface area contributed by atoms with Crippen LogP contribution in [-0.4, -0.2) is 46.1 Å². The van der Waals surface area contributed by atoms with Gasteiger partial charge >= 0.3 is 12.1 Å². The Morgan fingerprint density at radius 2 is 2.00 bits per heavy atom. The summed E-state index contributed by atoms with van der Waals surface area (Å²) in [6.45, 7) is -1.41. The molecule has 2 aromatic rings. The second-order valence-corrected chi connectivity index (χ2v) is 5.89. The molecule has 0 saturated carbocycles. The van der Waals surface area contributed by atoms with Gasteiger partial charge in [-0.1, -0.05) is 6.07 Å². The summed E-state index contributed by atoms with van der Waals surface area (Å²) in [4.78, 5) is 28.6. The number of carboxylic acids is 1. The van der Waals surface area contributed by atoms with Gasteiger partial charge in [0.05, 0.1) is 11.1 Å². The number of carbonyl (C=O) groups is 2. The number of halogens is 4. The Hall–Kier alpha value is -2.71. The van der Waals surface area contributed by atoms with Gasteiger partial charge in [-0.3, -0.25) is 14.6 Å². The molecule has 1 aliphatic heterocycles. The van der Waals surface area contributed by atoms with E-state index in [1.807, 2.05) is 0 Å². The molecule has 0 radical (unpaired) electrons. The molecule has 0 bridgehead atoms. The molecule has 1 unspecified atom stereocenters. The molecule has 1 aromatic carbocycles. The fraction of sp³-hybridized carbons (Fsp3) is 0.312. The Morgan fingerprint density at radius 3 is 2.60 bits per heavy atom. The summed E-state index contributed by atoms with van der Waals surface area (Å²) in [5.74, 6) is -3.64. The monoisotopic (exact) mass is 356 g/mol. The van der Waals surface area contributed by atoms with Crippen molar-refractivity contribution < 1.29 is 32.3 Å². The van der Waals surface area contributed by atoms with Gasteiger partial charge in [0, 0.05) is 24.7 Å². The predicted molar refractivity (Wildman–Crippen MR) is 78.3 cm³/mol. The molecule has 1 aliphatic rings. The lowest BCUT2D eigenvalue weighted by molar-refractivity contribution is -0.227. The van der Waals surface area contributed by atoms with Crippen LogP contribution >= 0.6 is 0 Å². The first kappa shape index (κ1) is 17.1. The summed E-state index contributed by atoms with van der Waals surface area (Å²) in [6.07, 6.45) is -4.38. The first-order chi connectivity index (χ1) is 11.7. The van der Waals surface area contributed by atoms with Crippen molar-refractivity contribution in [2.24, 2.45) is 5.41 Å². The van der Waals surface area contributed by atoms with E-state index >= 15 is 0 Å². The van der Waals surface area contributed by atoms with Crippen molar-refractivity contribution in [2.45, 2.75) is 12.6 Å². The number of nitrogens with zero attached hydrogens (tertiary/aromatic N) is 2. The summed E-state index contributed by atoms with van der Waals surface area (Å²) in [5.41, 5.74) is -3.06. The number of likely N-dealkylation sites (tertiary alicyclic amines) is 1. The molecular formula is C16H12F4N2O3. The lowest BCUT2D eigenvalue weighted by Gasteiger charge is -2.27. The van der Waals surface area contributed by atoms with E-state index in [-0.39, 0.29) is 11.1 Å². The number of carbonyl (C=O) groups excluding carboxylic acids is 1. The average molecular weight is 356 g/mol. The van der Waals surface area contributed by atoms with Gasteiger partial charge < -0.3 is 10.0 Å². The number of pyridine rings is 1. The zero-order chi connectivity index (χ0) is 18.4. The summed E-state index contributed by atoms with van der Waals surface area (Å²) < 4.78 is 53.4. The zero-order valence-electron chi connectivity index (χ0n) is 12.7. The third-order valence-corrected chi connectivity index (χ3v) is 4.41. The van der Waals surface area contributed by atoms with Gasteiger partial charge in [-0.2, -0.15) is 13.2 Å². The fourth-order valence-electron chi connectivity index (χ4n) is 3.00. The SMILES string of the molecule is O=C(c1cc(F)cc2cccnc12)N1CCC(C(=O)O)(C(F)(F)F)C1. The number of aliphatic carboxylic acids is 1. The molecule has 25 heavy (non-hydrogen) atoms. The number of amides is 1. The smallest absolute Gasteiger partial charge is 0.406 e. The van der Waals surface area contributed by atoms with Crippen molar-refractivity contribution in [2.75, 3.05) is 13.1 Å². The maximum atomic E-state index is 13.7. The molecule has 0 aliphatic carbocycles. The lowest BCUT2D eigenvalue weighted by atomic mass is 9.86. The normalized spacial score (nSPS) is 20.9. The number of alkyl halides is 3. The van der Waals surface area contributed by atoms with E-state index < -0.39 is 48.8 Å². The number of aromatic nitrogens is 1.